The highest BCUT2D eigenvalue weighted by atomic mass is 16.3. The summed E-state index contributed by atoms with van der Waals surface area (Å²) in [5, 5.41) is 20.0. The van der Waals surface area contributed by atoms with Crippen molar-refractivity contribution in [3.05, 3.63) is 34.2 Å². The molecule has 0 saturated heterocycles. The molecule has 86 valence electrons. The molecule has 1 aliphatic heterocycles. The molecule has 17 heavy (non-hydrogen) atoms. The van der Waals surface area contributed by atoms with Crippen LogP contribution in [0, 0.1) is 0 Å². The second-order valence-corrected chi connectivity index (χ2v) is 5.03. The summed E-state index contributed by atoms with van der Waals surface area (Å²) in [5.41, 5.74) is 4.24. The van der Waals surface area contributed by atoms with Crippen LogP contribution in [0.3, 0.4) is 0 Å². The van der Waals surface area contributed by atoms with Gasteiger partial charge in [0.05, 0.1) is 17.8 Å². The molecule has 0 atom stereocenters. The Hall–Kier alpha value is -1.75. The van der Waals surface area contributed by atoms with E-state index in [4.69, 9.17) is 0 Å². The van der Waals surface area contributed by atoms with Crippen LogP contribution in [0.25, 0.3) is 0 Å². The van der Waals surface area contributed by atoms with E-state index in [0.717, 1.165) is 30.5 Å². The van der Waals surface area contributed by atoms with Gasteiger partial charge in [0.15, 0.2) is 5.70 Å². The molecular formula is C12H11N3O2. The number of carbonyl (C=O) groups excluding carboxylic acids is 1. The van der Waals surface area contributed by atoms with Crippen molar-refractivity contribution in [1.82, 2.24) is 5.32 Å². The Morgan fingerprint density at radius 2 is 2.29 bits per heavy atom. The zero-order valence-corrected chi connectivity index (χ0v) is 9.16. The van der Waals surface area contributed by atoms with Crippen LogP contribution >= 0.6 is 0 Å². The number of nitrogens with one attached hydrogen (secondary N) is 1. The fourth-order valence-electron chi connectivity index (χ4n) is 2.32. The zero-order chi connectivity index (χ0) is 11.6. The Labute approximate surface area is 97.6 Å². The summed E-state index contributed by atoms with van der Waals surface area (Å²) >= 11 is 0. The van der Waals surface area contributed by atoms with E-state index in [9.17, 15) is 9.90 Å². The smallest absolute Gasteiger partial charge is 0.273 e. The van der Waals surface area contributed by atoms with Crippen molar-refractivity contribution < 1.29 is 9.90 Å². The molecule has 2 N–H and O–H groups in total. The Kier molecular flexibility index (Phi) is 1.50. The maximum atomic E-state index is 12.0. The number of aliphatic hydroxyl groups excluding tert-OH is 1. The van der Waals surface area contributed by atoms with E-state index in [0.29, 0.717) is 5.70 Å². The van der Waals surface area contributed by atoms with Crippen molar-refractivity contribution in [3.8, 4) is 0 Å². The average molecular weight is 229 g/mol. The molecule has 0 aromatic carbocycles. The number of allylic oxidation sites excluding steroid dienone is 3. The lowest BCUT2D eigenvalue weighted by Gasteiger charge is -2.13. The molecule has 2 saturated carbocycles. The fourth-order valence-corrected chi connectivity index (χ4v) is 2.32. The number of amides is 1. The van der Waals surface area contributed by atoms with E-state index in [1.165, 1.54) is 11.1 Å². The maximum Gasteiger partial charge on any atom is 0.273 e. The number of azo groups is 1. The van der Waals surface area contributed by atoms with Crippen molar-refractivity contribution >= 4 is 5.91 Å². The lowest BCUT2D eigenvalue weighted by atomic mass is 10.1. The van der Waals surface area contributed by atoms with E-state index in [2.05, 4.69) is 15.5 Å². The molecule has 2 fully saturated rings. The van der Waals surface area contributed by atoms with E-state index >= 15 is 0 Å². The van der Waals surface area contributed by atoms with Gasteiger partial charge in [0, 0.05) is 12.0 Å². The van der Waals surface area contributed by atoms with Crippen molar-refractivity contribution in [2.45, 2.75) is 24.8 Å². The largest absolute Gasteiger partial charge is 0.394 e. The highest BCUT2D eigenvalue weighted by Crippen LogP contribution is 2.51. The first-order chi connectivity index (χ1) is 8.22. The Balaban J connectivity index is 1.63. The molecule has 0 spiro atoms. The number of fused-ring (bicyclic) bond motifs is 2. The van der Waals surface area contributed by atoms with Gasteiger partial charge in [0.25, 0.3) is 5.91 Å². The molecule has 4 aliphatic rings. The summed E-state index contributed by atoms with van der Waals surface area (Å²) in [5.74, 6) is -0.218. The van der Waals surface area contributed by atoms with Crippen LogP contribution in [0.2, 0.25) is 0 Å². The van der Waals surface area contributed by atoms with Gasteiger partial charge in [-0.25, -0.2) is 0 Å². The summed E-state index contributed by atoms with van der Waals surface area (Å²) in [6.45, 7) is -0.00642. The number of aliphatic hydroxyl groups is 1. The minimum absolute atomic E-state index is 0.00642. The second-order valence-electron chi connectivity index (χ2n) is 5.03. The van der Waals surface area contributed by atoms with E-state index in [1.54, 1.807) is 0 Å². The number of hydrogen-bond donors (Lipinski definition) is 2. The molecule has 0 unspecified atom stereocenters. The molecule has 0 aromatic rings. The molecule has 4 rings (SSSR count). The van der Waals surface area contributed by atoms with Crippen LogP contribution in [-0.4, -0.2) is 23.2 Å². The Bertz CT molecular complexity index is 577. The third kappa shape index (κ3) is 1.20. The third-order valence-electron chi connectivity index (χ3n) is 3.74. The van der Waals surface area contributed by atoms with Gasteiger partial charge in [-0.1, -0.05) is 0 Å². The Morgan fingerprint density at radius 3 is 3.00 bits per heavy atom. The van der Waals surface area contributed by atoms with Crippen molar-refractivity contribution in [2.75, 3.05) is 6.61 Å². The molecule has 1 amide bonds. The van der Waals surface area contributed by atoms with Gasteiger partial charge in [0.1, 0.15) is 0 Å². The molecule has 0 radical (unpaired) electrons. The van der Waals surface area contributed by atoms with Crippen molar-refractivity contribution in [2.24, 2.45) is 10.2 Å². The van der Waals surface area contributed by atoms with Crippen LogP contribution in [0.15, 0.2) is 44.4 Å². The van der Waals surface area contributed by atoms with Gasteiger partial charge in [0.2, 0.25) is 0 Å². The number of nitrogens with zero attached hydrogens (tertiary/aromatic N) is 2. The van der Waals surface area contributed by atoms with Crippen LogP contribution in [-0.2, 0) is 4.79 Å². The van der Waals surface area contributed by atoms with Gasteiger partial charge in [-0.3, -0.25) is 4.79 Å². The first-order valence-electron chi connectivity index (χ1n) is 5.76. The standard InChI is InChI=1S/C12H11N3O2/c16-5-12(1-2-12)13-11(17)10-8-4-6-3-7(6)9(8)14-15-10/h4,16H,1-3,5H2,(H,13,17). The fraction of sp³-hybridized carbons (Fsp3) is 0.417. The Morgan fingerprint density at radius 1 is 1.47 bits per heavy atom. The molecule has 0 bridgehead atoms. The highest BCUT2D eigenvalue weighted by molar-refractivity contribution is 5.97. The monoisotopic (exact) mass is 229 g/mol. The molecule has 3 aliphatic carbocycles. The van der Waals surface area contributed by atoms with Crippen LogP contribution in [0.4, 0.5) is 0 Å². The number of carbonyl (C=O) groups is 1. The van der Waals surface area contributed by atoms with Crippen molar-refractivity contribution in [3.63, 3.8) is 0 Å². The first-order valence-corrected chi connectivity index (χ1v) is 5.76. The minimum Gasteiger partial charge on any atom is -0.394 e. The van der Waals surface area contributed by atoms with Gasteiger partial charge < -0.3 is 10.4 Å². The summed E-state index contributed by atoms with van der Waals surface area (Å²) in [6, 6.07) is 0. The summed E-state index contributed by atoms with van der Waals surface area (Å²) in [4.78, 5) is 12.0. The quantitative estimate of drug-likeness (QED) is 0.756. The molecule has 1 heterocycles. The average Bonchev–Trinajstić information content (AvgIpc) is 3.18. The SMILES string of the molecule is O=C(NC1(CO)CC1)C1=C2C=C3CC3=C2N=N1. The van der Waals surface area contributed by atoms with Crippen molar-refractivity contribution in [1.29, 1.82) is 0 Å². The van der Waals surface area contributed by atoms with Gasteiger partial charge in [-0.15, -0.1) is 10.2 Å². The highest BCUT2D eigenvalue weighted by Gasteiger charge is 2.45. The van der Waals surface area contributed by atoms with Gasteiger partial charge in [-0.2, -0.15) is 0 Å². The van der Waals surface area contributed by atoms with Crippen LogP contribution in [0.5, 0.6) is 0 Å². The van der Waals surface area contributed by atoms with Crippen LogP contribution < -0.4 is 5.32 Å². The summed E-state index contributed by atoms with van der Waals surface area (Å²) in [7, 11) is 0. The van der Waals surface area contributed by atoms with E-state index < -0.39 is 5.54 Å². The predicted octanol–water partition coefficient (Wildman–Crippen LogP) is 0.945. The lowest BCUT2D eigenvalue weighted by Crippen LogP contribution is -2.40. The molecule has 5 nitrogen and oxygen atoms in total. The summed E-state index contributed by atoms with van der Waals surface area (Å²) in [6.07, 6.45) is 4.67. The normalized spacial score (nSPS) is 25.8. The topological polar surface area (TPSA) is 74.0 Å². The third-order valence-corrected chi connectivity index (χ3v) is 3.74. The predicted molar refractivity (Wildman–Crippen MR) is 58.8 cm³/mol. The van der Waals surface area contributed by atoms with Gasteiger partial charge >= 0.3 is 0 Å². The minimum atomic E-state index is -0.398. The number of rotatable bonds is 3. The maximum absolute atomic E-state index is 12.0. The van der Waals surface area contributed by atoms with Gasteiger partial charge in [-0.05, 0) is 30.1 Å². The summed E-state index contributed by atoms with van der Waals surface area (Å²) < 4.78 is 0. The number of hydrogen-bond acceptors (Lipinski definition) is 4. The van der Waals surface area contributed by atoms with E-state index in [-0.39, 0.29) is 12.5 Å². The van der Waals surface area contributed by atoms with E-state index in [1.807, 2.05) is 6.08 Å². The second kappa shape index (κ2) is 2.73. The lowest BCUT2D eigenvalue weighted by molar-refractivity contribution is -0.118. The van der Waals surface area contributed by atoms with Crippen LogP contribution in [0.1, 0.15) is 19.3 Å². The first kappa shape index (κ1) is 9.30. The molecular weight excluding hydrogens is 218 g/mol. The molecule has 0 aromatic heterocycles. The zero-order valence-electron chi connectivity index (χ0n) is 9.16. The molecule has 5 heteroatoms.